The molecule has 1 unspecified atom stereocenters. The van der Waals surface area contributed by atoms with Crippen molar-refractivity contribution < 1.29 is 9.18 Å². The first kappa shape index (κ1) is 16.9. The predicted molar refractivity (Wildman–Crippen MR) is 95.5 cm³/mol. The molecule has 0 aliphatic carbocycles. The Morgan fingerprint density at radius 1 is 1.35 bits per heavy atom. The van der Waals surface area contributed by atoms with Crippen molar-refractivity contribution in [2.45, 2.75) is 32.2 Å². The maximum atomic E-state index is 13.5. The van der Waals surface area contributed by atoms with Gasteiger partial charge in [0.2, 0.25) is 0 Å². The van der Waals surface area contributed by atoms with Gasteiger partial charge in [0.1, 0.15) is 17.5 Å². The molecule has 0 spiro atoms. The van der Waals surface area contributed by atoms with Crippen molar-refractivity contribution in [1.82, 2.24) is 24.8 Å². The second kappa shape index (κ2) is 6.64. The van der Waals surface area contributed by atoms with Crippen LogP contribution in [0.25, 0.3) is 11.0 Å². The first-order valence-corrected chi connectivity index (χ1v) is 8.86. The average molecular weight is 374 g/mol. The standard InChI is InChI=1S/C18H17ClFN5O/c1-10-21-9-12(19)16(22-10)18(26)25-7-3-2-4-15(25)17-23-13-6-5-11(20)8-14(13)24-17/h5-6,8-9,15H,2-4,7H2,1H3,(H,23,24). The molecule has 134 valence electrons. The molecule has 3 heterocycles. The molecule has 1 N–H and O–H groups in total. The van der Waals surface area contributed by atoms with Gasteiger partial charge >= 0.3 is 0 Å². The molecule has 1 aliphatic rings. The summed E-state index contributed by atoms with van der Waals surface area (Å²) < 4.78 is 13.5. The minimum absolute atomic E-state index is 0.202. The van der Waals surface area contributed by atoms with Crippen LogP contribution in [0.5, 0.6) is 0 Å². The van der Waals surface area contributed by atoms with Crippen molar-refractivity contribution in [2.24, 2.45) is 0 Å². The second-order valence-electron chi connectivity index (χ2n) is 6.41. The lowest BCUT2D eigenvalue weighted by Crippen LogP contribution is -2.39. The summed E-state index contributed by atoms with van der Waals surface area (Å²) in [5, 5.41) is 0.233. The van der Waals surface area contributed by atoms with Crippen LogP contribution in [0.3, 0.4) is 0 Å². The second-order valence-corrected chi connectivity index (χ2v) is 6.81. The molecular formula is C18H17ClFN5O. The van der Waals surface area contributed by atoms with Crippen molar-refractivity contribution in [3.05, 3.63) is 52.6 Å². The summed E-state index contributed by atoms with van der Waals surface area (Å²) in [6, 6.07) is 4.19. The highest BCUT2D eigenvalue weighted by atomic mass is 35.5. The van der Waals surface area contributed by atoms with Crippen LogP contribution in [-0.4, -0.2) is 37.3 Å². The lowest BCUT2D eigenvalue weighted by molar-refractivity contribution is 0.0595. The summed E-state index contributed by atoms with van der Waals surface area (Å²) in [7, 11) is 0. The number of aryl methyl sites for hydroxylation is 1. The minimum Gasteiger partial charge on any atom is -0.340 e. The molecule has 1 aromatic carbocycles. The summed E-state index contributed by atoms with van der Waals surface area (Å²) in [6.45, 7) is 2.31. The van der Waals surface area contributed by atoms with Gasteiger partial charge in [-0.05, 0) is 44.4 Å². The van der Waals surface area contributed by atoms with Gasteiger partial charge in [0.25, 0.3) is 5.91 Å². The third kappa shape index (κ3) is 3.03. The SMILES string of the molecule is Cc1ncc(Cl)c(C(=O)N2CCCCC2c2nc3ccc(F)cc3[nH]2)n1. The van der Waals surface area contributed by atoms with E-state index in [2.05, 4.69) is 19.9 Å². The Bertz CT molecular complexity index is 989. The predicted octanol–water partition coefficient (Wildman–Crippen LogP) is 3.82. The summed E-state index contributed by atoms with van der Waals surface area (Å²) in [5.41, 5.74) is 1.50. The van der Waals surface area contributed by atoms with Crippen molar-refractivity contribution in [2.75, 3.05) is 6.54 Å². The van der Waals surface area contributed by atoms with Crippen LogP contribution < -0.4 is 0 Å². The van der Waals surface area contributed by atoms with E-state index < -0.39 is 0 Å². The zero-order chi connectivity index (χ0) is 18.3. The number of hydrogen-bond acceptors (Lipinski definition) is 4. The number of rotatable bonds is 2. The Morgan fingerprint density at radius 3 is 3.04 bits per heavy atom. The molecule has 3 aromatic rings. The zero-order valence-electron chi connectivity index (χ0n) is 14.2. The summed E-state index contributed by atoms with van der Waals surface area (Å²) in [5.74, 6) is 0.579. The summed E-state index contributed by atoms with van der Waals surface area (Å²) in [6.07, 6.45) is 4.10. The Morgan fingerprint density at radius 2 is 2.19 bits per heavy atom. The van der Waals surface area contributed by atoms with Gasteiger partial charge in [-0.15, -0.1) is 0 Å². The number of piperidine rings is 1. The van der Waals surface area contributed by atoms with Crippen LogP contribution >= 0.6 is 11.6 Å². The largest absolute Gasteiger partial charge is 0.340 e. The van der Waals surface area contributed by atoms with Crippen LogP contribution in [0.1, 0.15) is 47.4 Å². The van der Waals surface area contributed by atoms with Crippen LogP contribution in [0.2, 0.25) is 5.02 Å². The highest BCUT2D eigenvalue weighted by molar-refractivity contribution is 6.33. The number of carbonyl (C=O) groups excluding carboxylic acids is 1. The van der Waals surface area contributed by atoms with Crippen molar-refractivity contribution in [3.8, 4) is 0 Å². The van der Waals surface area contributed by atoms with E-state index in [-0.39, 0.29) is 28.5 Å². The lowest BCUT2D eigenvalue weighted by atomic mass is 10.0. The molecule has 0 bridgehead atoms. The first-order valence-electron chi connectivity index (χ1n) is 8.48. The van der Waals surface area contributed by atoms with E-state index in [1.807, 2.05) is 0 Å². The maximum Gasteiger partial charge on any atom is 0.274 e. The number of aromatic nitrogens is 4. The van der Waals surface area contributed by atoms with Gasteiger partial charge in [-0.1, -0.05) is 11.6 Å². The van der Waals surface area contributed by atoms with Gasteiger partial charge in [-0.25, -0.2) is 19.3 Å². The van der Waals surface area contributed by atoms with Crippen LogP contribution in [-0.2, 0) is 0 Å². The molecule has 1 atom stereocenters. The topological polar surface area (TPSA) is 74.8 Å². The van der Waals surface area contributed by atoms with E-state index in [1.165, 1.54) is 18.3 Å². The molecule has 4 rings (SSSR count). The van der Waals surface area contributed by atoms with E-state index in [4.69, 9.17) is 11.6 Å². The van der Waals surface area contributed by atoms with E-state index >= 15 is 0 Å². The van der Waals surface area contributed by atoms with E-state index in [1.54, 1.807) is 17.9 Å². The number of H-pyrrole nitrogens is 1. The lowest BCUT2D eigenvalue weighted by Gasteiger charge is -2.34. The van der Waals surface area contributed by atoms with Gasteiger partial charge < -0.3 is 9.88 Å². The number of nitrogens with zero attached hydrogens (tertiary/aromatic N) is 4. The smallest absolute Gasteiger partial charge is 0.274 e. The van der Waals surface area contributed by atoms with Crippen molar-refractivity contribution in [1.29, 1.82) is 0 Å². The van der Waals surface area contributed by atoms with E-state index in [0.717, 1.165) is 19.3 Å². The van der Waals surface area contributed by atoms with E-state index in [9.17, 15) is 9.18 Å². The van der Waals surface area contributed by atoms with Crippen molar-refractivity contribution in [3.63, 3.8) is 0 Å². The quantitative estimate of drug-likeness (QED) is 0.741. The number of benzene rings is 1. The number of carbonyl (C=O) groups is 1. The van der Waals surface area contributed by atoms with Gasteiger partial charge in [-0.2, -0.15) is 0 Å². The molecule has 6 nitrogen and oxygen atoms in total. The number of nitrogens with one attached hydrogen (secondary N) is 1. The molecule has 26 heavy (non-hydrogen) atoms. The number of amides is 1. The molecule has 8 heteroatoms. The number of halogens is 2. The fraction of sp³-hybridized carbons (Fsp3) is 0.333. The van der Waals surface area contributed by atoms with Gasteiger partial charge in [-0.3, -0.25) is 4.79 Å². The van der Waals surface area contributed by atoms with Gasteiger partial charge in [0, 0.05) is 6.54 Å². The highest BCUT2D eigenvalue weighted by Gasteiger charge is 2.32. The number of aromatic amines is 1. The molecule has 1 amide bonds. The average Bonchev–Trinajstić information content (AvgIpc) is 3.06. The molecular weight excluding hydrogens is 357 g/mol. The Labute approximate surface area is 154 Å². The molecule has 2 aromatic heterocycles. The number of imidazole rings is 1. The number of hydrogen-bond donors (Lipinski definition) is 1. The molecule has 0 radical (unpaired) electrons. The van der Waals surface area contributed by atoms with Crippen molar-refractivity contribution >= 4 is 28.5 Å². The molecule has 0 saturated carbocycles. The highest BCUT2D eigenvalue weighted by Crippen LogP contribution is 2.32. The molecule has 1 fully saturated rings. The van der Waals surface area contributed by atoms with Gasteiger partial charge in [0.05, 0.1) is 28.3 Å². The monoisotopic (exact) mass is 373 g/mol. The van der Waals surface area contributed by atoms with Crippen LogP contribution in [0.4, 0.5) is 4.39 Å². The Kier molecular flexibility index (Phi) is 4.32. The van der Waals surface area contributed by atoms with E-state index in [0.29, 0.717) is 29.2 Å². The van der Waals surface area contributed by atoms with Crippen LogP contribution in [0, 0.1) is 12.7 Å². The minimum atomic E-state index is -0.326. The molecule has 1 saturated heterocycles. The fourth-order valence-electron chi connectivity index (χ4n) is 3.36. The summed E-state index contributed by atoms with van der Waals surface area (Å²) in [4.78, 5) is 30.8. The first-order chi connectivity index (χ1) is 12.5. The van der Waals surface area contributed by atoms with Gasteiger partial charge in [0.15, 0.2) is 5.69 Å². The number of fused-ring (bicyclic) bond motifs is 1. The summed E-state index contributed by atoms with van der Waals surface area (Å²) >= 11 is 6.15. The van der Waals surface area contributed by atoms with Crippen LogP contribution in [0.15, 0.2) is 24.4 Å². The Hall–Kier alpha value is -2.54. The number of likely N-dealkylation sites (tertiary alicyclic amines) is 1. The Balaban J connectivity index is 1.71. The third-order valence-corrected chi connectivity index (χ3v) is 4.89. The normalized spacial score (nSPS) is 17.7. The fourth-order valence-corrected chi connectivity index (χ4v) is 3.53. The third-order valence-electron chi connectivity index (χ3n) is 4.61. The molecule has 1 aliphatic heterocycles. The zero-order valence-corrected chi connectivity index (χ0v) is 14.9. The maximum absolute atomic E-state index is 13.5.